The molecule has 0 aromatic carbocycles. The van der Waals surface area contributed by atoms with Gasteiger partial charge in [0.25, 0.3) is 0 Å². The molecule has 0 bridgehead atoms. The van der Waals surface area contributed by atoms with E-state index in [1.165, 1.54) is 0 Å². The van der Waals surface area contributed by atoms with Gasteiger partial charge in [-0.25, -0.2) is 0 Å². The van der Waals surface area contributed by atoms with E-state index < -0.39 is 0 Å². The molecule has 0 aromatic heterocycles. The Hall–Kier alpha value is -1.01. The Morgan fingerprint density at radius 2 is 2.50 bits per heavy atom. The van der Waals surface area contributed by atoms with E-state index in [4.69, 9.17) is 3.07 Å². The quantitative estimate of drug-likeness (QED) is 0.413. The van der Waals surface area contributed by atoms with Crippen LogP contribution < -0.4 is 0 Å². The Kier molecular flexibility index (Phi) is 7.52. The second-order valence-corrected chi connectivity index (χ2v) is 4.25. The lowest BCUT2D eigenvalue weighted by atomic mass is 10.0. The third-order valence-corrected chi connectivity index (χ3v) is 2.95. The van der Waals surface area contributed by atoms with Gasteiger partial charge in [0.15, 0.2) is 5.78 Å². The SMILES string of the molecule is C/C=C\N=C/CC(=O)/C=C/C1=CCC(OI)C=C1. The van der Waals surface area contributed by atoms with Crippen LogP contribution in [0.4, 0.5) is 0 Å². The summed E-state index contributed by atoms with van der Waals surface area (Å²) < 4.78 is 5.16. The van der Waals surface area contributed by atoms with Crippen molar-refractivity contribution in [2.45, 2.75) is 25.9 Å². The van der Waals surface area contributed by atoms with E-state index in [9.17, 15) is 4.79 Å². The van der Waals surface area contributed by atoms with Crippen molar-refractivity contribution in [2.24, 2.45) is 4.99 Å². The second-order valence-electron chi connectivity index (χ2n) is 3.74. The lowest BCUT2D eigenvalue weighted by Crippen LogP contribution is -2.04. The highest BCUT2D eigenvalue weighted by atomic mass is 127. The van der Waals surface area contributed by atoms with E-state index in [1.807, 2.05) is 54.2 Å². The number of aliphatic imine (C=N–C) groups is 1. The van der Waals surface area contributed by atoms with Gasteiger partial charge in [0.2, 0.25) is 0 Å². The average Bonchev–Trinajstić information content (AvgIpc) is 2.42. The van der Waals surface area contributed by atoms with Crippen molar-refractivity contribution in [1.82, 2.24) is 0 Å². The molecule has 1 unspecified atom stereocenters. The van der Waals surface area contributed by atoms with Crippen molar-refractivity contribution >= 4 is 35.0 Å². The first-order valence-corrected chi connectivity index (χ1v) is 6.64. The minimum Gasteiger partial charge on any atom is -0.308 e. The number of carbonyl (C=O) groups is 1. The Balaban J connectivity index is 2.39. The first kappa shape index (κ1) is 15.0. The van der Waals surface area contributed by atoms with Crippen molar-refractivity contribution in [2.75, 3.05) is 0 Å². The predicted molar refractivity (Wildman–Crippen MR) is 82.8 cm³/mol. The fraction of sp³-hybridized carbons (Fsp3) is 0.286. The van der Waals surface area contributed by atoms with E-state index in [0.717, 1.165) is 12.0 Å². The first-order chi connectivity index (χ1) is 8.76. The number of allylic oxidation sites excluding steroid dienone is 5. The molecule has 0 spiro atoms. The molecule has 0 fully saturated rings. The zero-order chi connectivity index (χ0) is 13.2. The highest BCUT2D eigenvalue weighted by Crippen LogP contribution is 2.16. The fourth-order valence-electron chi connectivity index (χ4n) is 1.35. The third kappa shape index (κ3) is 6.07. The van der Waals surface area contributed by atoms with Crippen LogP contribution in [-0.4, -0.2) is 18.1 Å². The van der Waals surface area contributed by atoms with Crippen LogP contribution in [0.1, 0.15) is 19.8 Å². The predicted octanol–water partition coefficient (Wildman–Crippen LogP) is 3.73. The topological polar surface area (TPSA) is 38.7 Å². The zero-order valence-corrected chi connectivity index (χ0v) is 12.4. The standard InChI is InChI=1S/C14H16INO2/c1-2-10-16-11-9-13(17)6-3-12-4-7-14(18-15)8-5-12/h2-7,10-11,14H,8-9H2,1H3/b6-3+,10-2-,16-11-. The Labute approximate surface area is 122 Å². The molecule has 1 aliphatic rings. The third-order valence-electron chi connectivity index (χ3n) is 2.30. The van der Waals surface area contributed by atoms with E-state index in [-0.39, 0.29) is 11.9 Å². The Morgan fingerprint density at radius 1 is 1.67 bits per heavy atom. The molecule has 96 valence electrons. The van der Waals surface area contributed by atoms with Gasteiger partial charge < -0.3 is 3.07 Å². The van der Waals surface area contributed by atoms with Gasteiger partial charge in [0.1, 0.15) is 23.0 Å². The Morgan fingerprint density at radius 3 is 3.11 bits per heavy atom. The summed E-state index contributed by atoms with van der Waals surface area (Å²) in [6, 6.07) is 0. The van der Waals surface area contributed by atoms with Crippen molar-refractivity contribution in [3.63, 3.8) is 0 Å². The molecule has 18 heavy (non-hydrogen) atoms. The van der Waals surface area contributed by atoms with Crippen LogP contribution in [-0.2, 0) is 7.86 Å². The van der Waals surface area contributed by atoms with Gasteiger partial charge >= 0.3 is 0 Å². The molecule has 1 rings (SSSR count). The van der Waals surface area contributed by atoms with Gasteiger partial charge in [-0.2, -0.15) is 0 Å². The summed E-state index contributed by atoms with van der Waals surface area (Å²) >= 11 is 1.89. The molecule has 0 heterocycles. The lowest BCUT2D eigenvalue weighted by molar-refractivity contribution is -0.113. The van der Waals surface area contributed by atoms with E-state index in [2.05, 4.69) is 11.1 Å². The van der Waals surface area contributed by atoms with Gasteiger partial charge in [-0.15, -0.1) is 0 Å². The molecular weight excluding hydrogens is 341 g/mol. The number of nitrogens with zero attached hydrogens (tertiary/aromatic N) is 1. The Bertz CT molecular complexity index is 420. The average molecular weight is 357 g/mol. The van der Waals surface area contributed by atoms with Gasteiger partial charge in [-0.1, -0.05) is 30.4 Å². The largest absolute Gasteiger partial charge is 0.308 e. The lowest BCUT2D eigenvalue weighted by Gasteiger charge is -2.10. The van der Waals surface area contributed by atoms with Crippen LogP contribution in [0, 0.1) is 0 Å². The molecule has 4 heteroatoms. The molecule has 0 aromatic rings. The van der Waals surface area contributed by atoms with Crippen LogP contribution in [0.15, 0.2) is 53.2 Å². The maximum absolute atomic E-state index is 11.5. The number of rotatable bonds is 6. The van der Waals surface area contributed by atoms with Crippen LogP contribution in [0.3, 0.4) is 0 Å². The van der Waals surface area contributed by atoms with E-state index in [0.29, 0.717) is 6.42 Å². The van der Waals surface area contributed by atoms with Gasteiger partial charge in [-0.3, -0.25) is 9.79 Å². The summed E-state index contributed by atoms with van der Waals surface area (Å²) in [5.74, 6) is 0.0461. The van der Waals surface area contributed by atoms with Gasteiger partial charge in [-0.05, 0) is 25.0 Å². The normalized spacial score (nSPS) is 20.1. The number of carbonyl (C=O) groups excluding carboxylic acids is 1. The number of halogens is 1. The fourth-order valence-corrected chi connectivity index (χ4v) is 1.73. The van der Waals surface area contributed by atoms with Crippen molar-refractivity contribution in [1.29, 1.82) is 0 Å². The molecule has 3 nitrogen and oxygen atoms in total. The monoisotopic (exact) mass is 357 g/mol. The smallest absolute Gasteiger partial charge is 0.161 e. The molecule has 0 saturated carbocycles. The minimum absolute atomic E-state index is 0.0461. The summed E-state index contributed by atoms with van der Waals surface area (Å²) in [5, 5.41) is 0. The van der Waals surface area contributed by atoms with Crippen LogP contribution >= 0.6 is 23.0 Å². The number of hydrogen-bond donors (Lipinski definition) is 0. The molecule has 1 aliphatic carbocycles. The molecule has 0 aliphatic heterocycles. The van der Waals surface area contributed by atoms with Gasteiger partial charge in [0, 0.05) is 18.8 Å². The molecule has 0 amide bonds. The maximum atomic E-state index is 11.5. The molecule has 1 atom stereocenters. The van der Waals surface area contributed by atoms with Crippen LogP contribution in [0.5, 0.6) is 0 Å². The second kappa shape index (κ2) is 8.99. The molecule has 0 saturated heterocycles. The van der Waals surface area contributed by atoms with E-state index >= 15 is 0 Å². The van der Waals surface area contributed by atoms with Crippen LogP contribution in [0.25, 0.3) is 0 Å². The molecule has 0 radical (unpaired) electrons. The minimum atomic E-state index is 0.0461. The van der Waals surface area contributed by atoms with Crippen LogP contribution in [0.2, 0.25) is 0 Å². The zero-order valence-electron chi connectivity index (χ0n) is 10.3. The van der Waals surface area contributed by atoms with E-state index in [1.54, 1.807) is 18.5 Å². The highest BCUT2D eigenvalue weighted by Gasteiger charge is 2.06. The molecule has 0 N–H and O–H groups in total. The van der Waals surface area contributed by atoms with Crippen molar-refractivity contribution in [3.8, 4) is 0 Å². The number of hydrogen-bond acceptors (Lipinski definition) is 3. The summed E-state index contributed by atoms with van der Waals surface area (Å²) in [6.45, 7) is 1.88. The van der Waals surface area contributed by atoms with Crippen molar-refractivity contribution < 1.29 is 7.86 Å². The summed E-state index contributed by atoms with van der Waals surface area (Å²) in [4.78, 5) is 15.4. The first-order valence-electron chi connectivity index (χ1n) is 5.75. The maximum Gasteiger partial charge on any atom is 0.161 e. The highest BCUT2D eigenvalue weighted by molar-refractivity contribution is 14.1. The summed E-state index contributed by atoms with van der Waals surface area (Å²) in [5.41, 5.74) is 1.04. The summed E-state index contributed by atoms with van der Waals surface area (Å²) in [7, 11) is 0. The van der Waals surface area contributed by atoms with Gasteiger partial charge in [0.05, 0.1) is 6.10 Å². The number of ketones is 1. The van der Waals surface area contributed by atoms with Crippen molar-refractivity contribution in [3.05, 3.63) is 48.2 Å². The molecular formula is C14H16INO2. The summed E-state index contributed by atoms with van der Waals surface area (Å²) in [6.07, 6.45) is 15.8.